The standard InChI is InChI=1S/C12H18N2O/c1-3-9-7-8-13-12-10(14-9)5-4-6-11(12)15-2/h4-6,9,13-14H,3,7-8H2,1-2H3. The average Bonchev–Trinajstić information content (AvgIpc) is 2.49. The van der Waals surface area contributed by atoms with Gasteiger partial charge in [0, 0.05) is 12.6 Å². The van der Waals surface area contributed by atoms with Crippen molar-refractivity contribution in [2.45, 2.75) is 25.8 Å². The van der Waals surface area contributed by atoms with Gasteiger partial charge in [-0.05, 0) is 25.0 Å². The van der Waals surface area contributed by atoms with E-state index in [1.54, 1.807) is 7.11 Å². The van der Waals surface area contributed by atoms with Crippen molar-refractivity contribution < 1.29 is 4.74 Å². The molecule has 2 rings (SSSR count). The lowest BCUT2D eigenvalue weighted by Gasteiger charge is -2.16. The highest BCUT2D eigenvalue weighted by Gasteiger charge is 2.16. The van der Waals surface area contributed by atoms with Crippen molar-refractivity contribution in [3.05, 3.63) is 18.2 Å². The highest BCUT2D eigenvalue weighted by atomic mass is 16.5. The van der Waals surface area contributed by atoms with E-state index in [2.05, 4.69) is 23.6 Å². The molecule has 0 bridgehead atoms. The molecule has 1 unspecified atom stereocenters. The van der Waals surface area contributed by atoms with Crippen LogP contribution in [0.5, 0.6) is 5.75 Å². The van der Waals surface area contributed by atoms with Gasteiger partial charge in [-0.3, -0.25) is 0 Å². The molecule has 0 aliphatic carbocycles. The van der Waals surface area contributed by atoms with E-state index in [-0.39, 0.29) is 0 Å². The minimum absolute atomic E-state index is 0.561. The fraction of sp³-hybridized carbons (Fsp3) is 0.500. The van der Waals surface area contributed by atoms with Gasteiger partial charge in [0.05, 0.1) is 12.8 Å². The molecule has 0 aromatic heterocycles. The topological polar surface area (TPSA) is 33.3 Å². The first-order valence-electron chi connectivity index (χ1n) is 5.52. The Morgan fingerprint density at radius 1 is 1.47 bits per heavy atom. The van der Waals surface area contributed by atoms with Crippen LogP contribution in [0.3, 0.4) is 0 Å². The van der Waals surface area contributed by atoms with Crippen LogP contribution in [0.4, 0.5) is 11.4 Å². The Morgan fingerprint density at radius 2 is 2.33 bits per heavy atom. The second-order valence-corrected chi connectivity index (χ2v) is 3.85. The molecule has 82 valence electrons. The highest BCUT2D eigenvalue weighted by Crippen LogP contribution is 2.34. The summed E-state index contributed by atoms with van der Waals surface area (Å²) in [5.74, 6) is 0.914. The lowest BCUT2D eigenvalue weighted by Crippen LogP contribution is -2.18. The summed E-state index contributed by atoms with van der Waals surface area (Å²) in [5.41, 5.74) is 2.25. The number of hydrogen-bond acceptors (Lipinski definition) is 3. The number of hydrogen-bond donors (Lipinski definition) is 2. The molecule has 1 aliphatic heterocycles. The molecule has 1 aromatic rings. The fourth-order valence-corrected chi connectivity index (χ4v) is 1.97. The van der Waals surface area contributed by atoms with E-state index in [0.717, 1.165) is 36.5 Å². The van der Waals surface area contributed by atoms with Crippen molar-refractivity contribution in [3.8, 4) is 5.75 Å². The Hall–Kier alpha value is -1.38. The molecule has 1 aromatic carbocycles. The Morgan fingerprint density at radius 3 is 3.07 bits per heavy atom. The van der Waals surface area contributed by atoms with Crippen LogP contribution in [0, 0.1) is 0 Å². The summed E-state index contributed by atoms with van der Waals surface area (Å²) in [6, 6.07) is 6.66. The maximum atomic E-state index is 5.33. The predicted molar refractivity (Wildman–Crippen MR) is 63.8 cm³/mol. The van der Waals surface area contributed by atoms with Crippen LogP contribution in [0.2, 0.25) is 0 Å². The molecule has 0 spiro atoms. The quantitative estimate of drug-likeness (QED) is 0.780. The van der Waals surface area contributed by atoms with Gasteiger partial charge in [-0.2, -0.15) is 0 Å². The number of ether oxygens (including phenoxy) is 1. The molecular weight excluding hydrogens is 188 g/mol. The van der Waals surface area contributed by atoms with E-state index in [1.807, 2.05) is 12.1 Å². The van der Waals surface area contributed by atoms with Gasteiger partial charge < -0.3 is 15.4 Å². The average molecular weight is 206 g/mol. The van der Waals surface area contributed by atoms with Gasteiger partial charge in [0.25, 0.3) is 0 Å². The molecule has 1 heterocycles. The monoisotopic (exact) mass is 206 g/mol. The van der Waals surface area contributed by atoms with Crippen molar-refractivity contribution in [3.63, 3.8) is 0 Å². The zero-order chi connectivity index (χ0) is 10.7. The van der Waals surface area contributed by atoms with Crippen molar-refractivity contribution in [1.29, 1.82) is 0 Å². The van der Waals surface area contributed by atoms with E-state index in [9.17, 15) is 0 Å². The minimum atomic E-state index is 0.561. The molecule has 1 atom stereocenters. The zero-order valence-electron chi connectivity index (χ0n) is 9.34. The largest absolute Gasteiger partial charge is 0.495 e. The maximum Gasteiger partial charge on any atom is 0.144 e. The number of para-hydroxylation sites is 1. The van der Waals surface area contributed by atoms with Crippen molar-refractivity contribution >= 4 is 11.4 Å². The normalized spacial score (nSPS) is 19.5. The summed E-state index contributed by atoms with van der Waals surface area (Å²) in [6.07, 6.45) is 2.30. The van der Waals surface area contributed by atoms with Crippen LogP contribution in [0.1, 0.15) is 19.8 Å². The molecule has 3 nitrogen and oxygen atoms in total. The minimum Gasteiger partial charge on any atom is -0.495 e. The molecule has 1 aliphatic rings. The summed E-state index contributed by atoms with van der Waals surface area (Å²) in [7, 11) is 1.71. The lowest BCUT2D eigenvalue weighted by molar-refractivity contribution is 0.416. The van der Waals surface area contributed by atoms with Gasteiger partial charge in [0.1, 0.15) is 11.4 Å². The third-order valence-corrected chi connectivity index (χ3v) is 2.89. The molecule has 15 heavy (non-hydrogen) atoms. The molecule has 0 amide bonds. The van der Waals surface area contributed by atoms with Crippen LogP contribution in [-0.2, 0) is 0 Å². The first kappa shape index (κ1) is 10.1. The van der Waals surface area contributed by atoms with Crippen LogP contribution < -0.4 is 15.4 Å². The van der Waals surface area contributed by atoms with E-state index in [0.29, 0.717) is 6.04 Å². The molecule has 0 radical (unpaired) electrons. The Kier molecular flexibility index (Phi) is 2.99. The molecule has 3 heteroatoms. The van der Waals surface area contributed by atoms with Crippen molar-refractivity contribution in [2.75, 3.05) is 24.3 Å². The Balaban J connectivity index is 2.32. The van der Waals surface area contributed by atoms with Gasteiger partial charge in [-0.15, -0.1) is 0 Å². The first-order chi connectivity index (χ1) is 7.35. The van der Waals surface area contributed by atoms with E-state index in [1.165, 1.54) is 0 Å². The summed E-state index contributed by atoms with van der Waals surface area (Å²) in [4.78, 5) is 0. The van der Waals surface area contributed by atoms with Crippen molar-refractivity contribution in [1.82, 2.24) is 0 Å². The van der Waals surface area contributed by atoms with Gasteiger partial charge in [-0.1, -0.05) is 13.0 Å². The van der Waals surface area contributed by atoms with Crippen molar-refractivity contribution in [2.24, 2.45) is 0 Å². The summed E-state index contributed by atoms with van der Waals surface area (Å²) < 4.78 is 5.33. The Bertz CT molecular complexity index is 338. The summed E-state index contributed by atoms with van der Waals surface area (Å²) in [6.45, 7) is 3.21. The van der Waals surface area contributed by atoms with Crippen LogP contribution >= 0.6 is 0 Å². The number of nitrogens with one attached hydrogen (secondary N) is 2. The second kappa shape index (κ2) is 4.43. The molecule has 0 fully saturated rings. The zero-order valence-corrected chi connectivity index (χ0v) is 9.34. The predicted octanol–water partition coefficient (Wildman–Crippen LogP) is 2.70. The van der Waals surface area contributed by atoms with E-state index < -0.39 is 0 Å². The molecule has 0 saturated carbocycles. The summed E-state index contributed by atoms with van der Waals surface area (Å²) in [5, 5.41) is 6.96. The Labute approximate surface area is 90.8 Å². The van der Waals surface area contributed by atoms with E-state index >= 15 is 0 Å². The third kappa shape index (κ3) is 2.01. The van der Waals surface area contributed by atoms with Crippen LogP contribution in [-0.4, -0.2) is 19.7 Å². The number of fused-ring (bicyclic) bond motifs is 1. The number of anilines is 2. The number of rotatable bonds is 2. The number of benzene rings is 1. The van der Waals surface area contributed by atoms with E-state index in [4.69, 9.17) is 4.74 Å². The maximum absolute atomic E-state index is 5.33. The highest BCUT2D eigenvalue weighted by molar-refractivity contribution is 5.76. The third-order valence-electron chi connectivity index (χ3n) is 2.89. The smallest absolute Gasteiger partial charge is 0.144 e. The molecule has 2 N–H and O–H groups in total. The van der Waals surface area contributed by atoms with Gasteiger partial charge >= 0.3 is 0 Å². The molecular formula is C12H18N2O. The number of methoxy groups -OCH3 is 1. The second-order valence-electron chi connectivity index (χ2n) is 3.85. The van der Waals surface area contributed by atoms with Gasteiger partial charge in [0.2, 0.25) is 0 Å². The lowest BCUT2D eigenvalue weighted by atomic mass is 10.1. The van der Waals surface area contributed by atoms with Crippen LogP contribution in [0.25, 0.3) is 0 Å². The fourth-order valence-electron chi connectivity index (χ4n) is 1.97. The van der Waals surface area contributed by atoms with Gasteiger partial charge in [0.15, 0.2) is 0 Å². The summed E-state index contributed by atoms with van der Waals surface area (Å²) >= 11 is 0. The first-order valence-corrected chi connectivity index (χ1v) is 5.52. The van der Waals surface area contributed by atoms with Gasteiger partial charge in [-0.25, -0.2) is 0 Å². The SMILES string of the molecule is CCC1CCNc2c(cccc2OC)N1. The molecule has 0 saturated heterocycles. The van der Waals surface area contributed by atoms with Crippen LogP contribution in [0.15, 0.2) is 18.2 Å².